The number of aliphatic hydroxyl groups excluding tert-OH is 1. The van der Waals surface area contributed by atoms with E-state index in [2.05, 4.69) is 6.07 Å². The van der Waals surface area contributed by atoms with Gasteiger partial charge in [0.25, 0.3) is 0 Å². The Bertz CT molecular complexity index is 637. The Morgan fingerprint density at radius 3 is 2.62 bits per heavy atom. The lowest BCUT2D eigenvalue weighted by atomic mass is 9.77. The zero-order valence-electron chi connectivity index (χ0n) is 11.7. The van der Waals surface area contributed by atoms with Crippen molar-refractivity contribution in [1.29, 1.82) is 0 Å². The summed E-state index contributed by atoms with van der Waals surface area (Å²) < 4.78 is 14.0. The second-order valence-electron chi connectivity index (χ2n) is 5.69. The van der Waals surface area contributed by atoms with Crippen molar-refractivity contribution in [3.8, 4) is 0 Å². The van der Waals surface area contributed by atoms with E-state index in [1.165, 1.54) is 30.9 Å². The van der Waals surface area contributed by atoms with E-state index in [1.807, 2.05) is 18.2 Å². The van der Waals surface area contributed by atoms with Crippen LogP contribution in [-0.2, 0) is 6.42 Å². The molecule has 21 heavy (non-hydrogen) atoms. The zero-order chi connectivity index (χ0) is 14.8. The molecule has 3 heteroatoms. The molecule has 1 unspecified atom stereocenters. The van der Waals surface area contributed by atoms with Crippen molar-refractivity contribution in [2.24, 2.45) is 0 Å². The Morgan fingerprint density at radius 1 is 1.14 bits per heavy atom. The molecule has 0 aromatic heterocycles. The number of benzene rings is 2. The predicted molar refractivity (Wildman–Crippen MR) is 83.1 cm³/mol. The van der Waals surface area contributed by atoms with Crippen LogP contribution in [0.3, 0.4) is 0 Å². The van der Waals surface area contributed by atoms with Gasteiger partial charge in [0.1, 0.15) is 5.82 Å². The molecule has 110 valence electrons. The molecule has 0 spiro atoms. The quantitative estimate of drug-likeness (QED) is 0.840. The molecule has 1 atom stereocenters. The van der Waals surface area contributed by atoms with Crippen molar-refractivity contribution in [1.82, 2.24) is 0 Å². The van der Waals surface area contributed by atoms with Gasteiger partial charge in [0, 0.05) is 6.42 Å². The zero-order valence-corrected chi connectivity index (χ0v) is 12.5. The van der Waals surface area contributed by atoms with E-state index in [4.69, 9.17) is 11.6 Å². The molecule has 0 radical (unpaired) electrons. The Hall–Kier alpha value is -1.38. The normalized spacial score (nSPS) is 16.5. The van der Waals surface area contributed by atoms with Gasteiger partial charge in [-0.2, -0.15) is 0 Å². The fourth-order valence-corrected chi connectivity index (χ4v) is 3.12. The minimum atomic E-state index is -0.699. The highest BCUT2D eigenvalue weighted by Gasteiger charge is 2.24. The Labute approximate surface area is 129 Å². The molecule has 0 aliphatic heterocycles. The third-order valence-corrected chi connectivity index (χ3v) is 4.64. The Balaban J connectivity index is 1.85. The monoisotopic (exact) mass is 304 g/mol. The van der Waals surface area contributed by atoms with E-state index in [-0.39, 0.29) is 11.4 Å². The van der Waals surface area contributed by atoms with E-state index in [0.717, 1.165) is 5.56 Å². The molecule has 1 fully saturated rings. The maximum absolute atomic E-state index is 14.0. The fourth-order valence-electron chi connectivity index (χ4n) is 2.93. The third kappa shape index (κ3) is 2.97. The number of aliphatic hydroxyl groups is 1. The summed E-state index contributed by atoms with van der Waals surface area (Å²) in [4.78, 5) is 0. The summed E-state index contributed by atoms with van der Waals surface area (Å²) in [5.41, 5.74) is 2.58. The lowest BCUT2D eigenvalue weighted by molar-refractivity contribution is 0.174. The highest BCUT2D eigenvalue weighted by Crippen LogP contribution is 2.40. The summed E-state index contributed by atoms with van der Waals surface area (Å²) in [7, 11) is 0. The van der Waals surface area contributed by atoms with Gasteiger partial charge in [-0.05, 0) is 41.5 Å². The first-order chi connectivity index (χ1) is 10.2. The Morgan fingerprint density at radius 2 is 1.90 bits per heavy atom. The van der Waals surface area contributed by atoms with Crippen LogP contribution in [0.4, 0.5) is 4.39 Å². The van der Waals surface area contributed by atoms with Crippen LogP contribution in [0.5, 0.6) is 0 Å². The largest absolute Gasteiger partial charge is 0.388 e. The van der Waals surface area contributed by atoms with E-state index < -0.39 is 11.9 Å². The van der Waals surface area contributed by atoms with Crippen LogP contribution in [0.15, 0.2) is 42.5 Å². The molecule has 0 heterocycles. The maximum Gasteiger partial charge on any atom is 0.145 e. The first kappa shape index (κ1) is 14.6. The summed E-state index contributed by atoms with van der Waals surface area (Å²) in [5.74, 6) is 0.111. The number of hydrogen-bond acceptors (Lipinski definition) is 1. The van der Waals surface area contributed by atoms with Gasteiger partial charge in [-0.15, -0.1) is 0 Å². The molecule has 1 N–H and O–H groups in total. The van der Waals surface area contributed by atoms with Gasteiger partial charge in [0.15, 0.2) is 0 Å². The minimum absolute atomic E-state index is 0.104. The highest BCUT2D eigenvalue weighted by atomic mass is 35.5. The van der Waals surface area contributed by atoms with Crippen LogP contribution in [0, 0.1) is 5.82 Å². The molecular weight excluding hydrogens is 287 g/mol. The number of halogens is 2. The van der Waals surface area contributed by atoms with Gasteiger partial charge in [0.2, 0.25) is 0 Å². The van der Waals surface area contributed by atoms with Crippen molar-refractivity contribution in [3.05, 3.63) is 70.0 Å². The molecule has 1 nitrogen and oxygen atoms in total. The smallest absolute Gasteiger partial charge is 0.145 e. The van der Waals surface area contributed by atoms with Crippen molar-refractivity contribution >= 4 is 11.6 Å². The molecule has 2 aromatic rings. The summed E-state index contributed by atoms with van der Waals surface area (Å²) in [6.07, 6.45) is 3.15. The predicted octanol–water partition coefficient (Wildman–Crippen LogP) is 5.02. The molecular formula is C18H18ClFO. The van der Waals surface area contributed by atoms with Crippen LogP contribution in [0.2, 0.25) is 5.02 Å². The molecule has 1 aliphatic carbocycles. The summed E-state index contributed by atoms with van der Waals surface area (Å²) >= 11 is 5.80. The molecule has 0 bridgehead atoms. The summed E-state index contributed by atoms with van der Waals surface area (Å²) in [5, 5.41) is 10.6. The van der Waals surface area contributed by atoms with Crippen LogP contribution < -0.4 is 0 Å². The van der Waals surface area contributed by atoms with Crippen LogP contribution in [0.1, 0.15) is 48.0 Å². The van der Waals surface area contributed by atoms with Gasteiger partial charge in [-0.1, -0.05) is 54.4 Å². The van der Waals surface area contributed by atoms with Crippen molar-refractivity contribution in [3.63, 3.8) is 0 Å². The Kier molecular flexibility index (Phi) is 4.27. The van der Waals surface area contributed by atoms with Crippen molar-refractivity contribution in [2.45, 2.75) is 37.7 Å². The standard InChI is InChI=1S/C18H18ClFO/c19-16-10-4-7-13(18(16)20)11-17(21)15-9-2-1-8-14(15)12-5-3-6-12/h1-2,4,7-10,12,17,21H,3,5-6,11H2. The number of hydrogen-bond donors (Lipinski definition) is 1. The van der Waals surface area contributed by atoms with Crippen LogP contribution in [0.25, 0.3) is 0 Å². The van der Waals surface area contributed by atoms with Crippen molar-refractivity contribution in [2.75, 3.05) is 0 Å². The SMILES string of the molecule is OC(Cc1cccc(Cl)c1F)c1ccccc1C1CCC1. The first-order valence-electron chi connectivity index (χ1n) is 7.36. The van der Waals surface area contributed by atoms with Crippen LogP contribution >= 0.6 is 11.6 Å². The number of rotatable bonds is 4. The average molecular weight is 305 g/mol. The fraction of sp³-hybridized carbons (Fsp3) is 0.333. The second-order valence-corrected chi connectivity index (χ2v) is 6.10. The molecule has 0 saturated heterocycles. The summed E-state index contributed by atoms with van der Waals surface area (Å²) in [6.45, 7) is 0. The molecule has 1 saturated carbocycles. The van der Waals surface area contributed by atoms with Gasteiger partial charge in [-0.3, -0.25) is 0 Å². The lowest BCUT2D eigenvalue weighted by Gasteiger charge is -2.29. The average Bonchev–Trinajstić information content (AvgIpc) is 2.42. The van der Waals surface area contributed by atoms with E-state index in [0.29, 0.717) is 11.5 Å². The van der Waals surface area contributed by atoms with Gasteiger partial charge < -0.3 is 5.11 Å². The van der Waals surface area contributed by atoms with E-state index in [9.17, 15) is 9.50 Å². The molecule has 2 aromatic carbocycles. The maximum atomic E-state index is 14.0. The second kappa shape index (κ2) is 6.17. The summed E-state index contributed by atoms with van der Waals surface area (Å²) in [6, 6.07) is 12.9. The van der Waals surface area contributed by atoms with Crippen LogP contribution in [-0.4, -0.2) is 5.11 Å². The highest BCUT2D eigenvalue weighted by molar-refractivity contribution is 6.30. The van der Waals surface area contributed by atoms with Crippen molar-refractivity contribution < 1.29 is 9.50 Å². The topological polar surface area (TPSA) is 20.2 Å². The van der Waals surface area contributed by atoms with E-state index in [1.54, 1.807) is 12.1 Å². The van der Waals surface area contributed by atoms with Gasteiger partial charge in [-0.25, -0.2) is 4.39 Å². The lowest BCUT2D eigenvalue weighted by Crippen LogP contribution is -2.14. The molecule has 1 aliphatic rings. The third-order valence-electron chi connectivity index (χ3n) is 4.34. The van der Waals surface area contributed by atoms with Gasteiger partial charge in [0.05, 0.1) is 11.1 Å². The van der Waals surface area contributed by atoms with Gasteiger partial charge >= 0.3 is 0 Å². The molecule has 3 rings (SSSR count). The minimum Gasteiger partial charge on any atom is -0.388 e. The van der Waals surface area contributed by atoms with E-state index >= 15 is 0 Å². The first-order valence-corrected chi connectivity index (χ1v) is 7.74. The molecule has 0 amide bonds.